The van der Waals surface area contributed by atoms with Gasteiger partial charge in [-0.2, -0.15) is 0 Å². The molecular formula is C18H25ClN2O4. The lowest BCUT2D eigenvalue weighted by Gasteiger charge is -2.53. The average Bonchev–Trinajstić information content (AvgIpc) is 2.51. The maximum Gasteiger partial charge on any atom is 0.422 e. The first-order valence-electron chi connectivity index (χ1n) is 8.31. The van der Waals surface area contributed by atoms with E-state index < -0.39 is 23.2 Å². The lowest BCUT2D eigenvalue weighted by molar-refractivity contribution is -0.172. The fourth-order valence-electron chi connectivity index (χ4n) is 3.57. The van der Waals surface area contributed by atoms with Crippen LogP contribution in [-0.2, 0) is 10.4 Å². The summed E-state index contributed by atoms with van der Waals surface area (Å²) >= 11 is 5.94. The van der Waals surface area contributed by atoms with Crippen LogP contribution in [0.1, 0.15) is 39.2 Å². The molecule has 7 heteroatoms. The van der Waals surface area contributed by atoms with Crippen molar-refractivity contribution in [1.29, 1.82) is 0 Å². The first-order chi connectivity index (χ1) is 11.6. The highest BCUT2D eigenvalue weighted by Crippen LogP contribution is 2.46. The molecule has 0 aliphatic carbocycles. The van der Waals surface area contributed by atoms with Crippen molar-refractivity contribution < 1.29 is 19.8 Å². The second-order valence-corrected chi connectivity index (χ2v) is 7.70. The van der Waals surface area contributed by atoms with Gasteiger partial charge in [0.1, 0.15) is 6.29 Å². The lowest BCUT2D eigenvalue weighted by Crippen LogP contribution is -2.62. The Morgan fingerprint density at radius 2 is 2.00 bits per heavy atom. The summed E-state index contributed by atoms with van der Waals surface area (Å²) in [6.45, 7) is 6.26. The Morgan fingerprint density at radius 1 is 1.40 bits per heavy atom. The summed E-state index contributed by atoms with van der Waals surface area (Å²) in [6, 6.07) is 6.65. The van der Waals surface area contributed by atoms with E-state index >= 15 is 0 Å². The number of piperidine rings is 1. The van der Waals surface area contributed by atoms with Gasteiger partial charge in [0.15, 0.2) is 0 Å². The van der Waals surface area contributed by atoms with Gasteiger partial charge in [-0.05, 0) is 31.0 Å². The minimum Gasteiger partial charge on any atom is -0.464 e. The Morgan fingerprint density at radius 3 is 2.48 bits per heavy atom. The second kappa shape index (κ2) is 7.32. The molecule has 0 bridgehead atoms. The predicted molar refractivity (Wildman–Crippen MR) is 95.3 cm³/mol. The Labute approximate surface area is 153 Å². The van der Waals surface area contributed by atoms with E-state index in [1.54, 1.807) is 24.1 Å². The van der Waals surface area contributed by atoms with Gasteiger partial charge < -0.3 is 15.0 Å². The zero-order valence-electron chi connectivity index (χ0n) is 14.8. The molecule has 1 heterocycles. The van der Waals surface area contributed by atoms with E-state index in [0.29, 0.717) is 24.5 Å². The molecule has 1 aliphatic rings. The number of aliphatic hydroxyl groups is 1. The standard InChI is InChI=1S/C18H25ClN2O4/c1-13(8-11-22)21(16(23)24)20-10-9-18(25,17(2,3)12-20)14-4-6-15(19)7-5-14/h4-7,11,13,25H,8-10,12H2,1-3H3,(H,23,24)/t13?,18-/m1/s1. The Hall–Kier alpha value is -1.63. The normalized spacial score (nSPS) is 24.5. The van der Waals surface area contributed by atoms with E-state index in [1.165, 1.54) is 5.01 Å². The number of halogens is 1. The van der Waals surface area contributed by atoms with Crippen LogP contribution < -0.4 is 0 Å². The number of hydrogen-bond donors (Lipinski definition) is 2. The molecule has 1 aliphatic heterocycles. The monoisotopic (exact) mass is 368 g/mol. The first kappa shape index (κ1) is 19.7. The molecule has 25 heavy (non-hydrogen) atoms. The highest BCUT2D eigenvalue weighted by atomic mass is 35.5. The molecular weight excluding hydrogens is 344 g/mol. The van der Waals surface area contributed by atoms with Crippen molar-refractivity contribution in [3.05, 3.63) is 34.9 Å². The van der Waals surface area contributed by atoms with Crippen molar-refractivity contribution in [2.45, 2.75) is 45.3 Å². The molecule has 1 saturated heterocycles. The van der Waals surface area contributed by atoms with Crippen molar-refractivity contribution in [3.8, 4) is 0 Å². The molecule has 0 radical (unpaired) electrons. The number of nitrogens with zero attached hydrogens (tertiary/aromatic N) is 2. The third-order valence-electron chi connectivity index (χ3n) is 5.11. The van der Waals surface area contributed by atoms with E-state index in [1.807, 2.05) is 26.0 Å². The van der Waals surface area contributed by atoms with Gasteiger partial charge in [0, 0.05) is 29.9 Å². The lowest BCUT2D eigenvalue weighted by atomic mass is 9.67. The number of carbonyl (C=O) groups excluding carboxylic acids is 1. The smallest absolute Gasteiger partial charge is 0.422 e. The summed E-state index contributed by atoms with van der Waals surface area (Å²) < 4.78 is 0. The molecule has 1 aromatic rings. The quantitative estimate of drug-likeness (QED) is 0.780. The van der Waals surface area contributed by atoms with Crippen molar-refractivity contribution in [2.75, 3.05) is 13.1 Å². The van der Waals surface area contributed by atoms with E-state index in [9.17, 15) is 19.8 Å². The summed E-state index contributed by atoms with van der Waals surface area (Å²) in [5.41, 5.74) is -0.927. The summed E-state index contributed by atoms with van der Waals surface area (Å²) in [5, 5.41) is 24.4. The molecule has 1 aromatic carbocycles. The molecule has 1 amide bonds. The predicted octanol–water partition coefficient (Wildman–Crippen LogP) is 3.13. The summed E-state index contributed by atoms with van der Waals surface area (Å²) in [5.74, 6) is 0. The van der Waals surface area contributed by atoms with E-state index in [-0.39, 0.29) is 6.42 Å². The zero-order valence-corrected chi connectivity index (χ0v) is 15.5. The highest BCUT2D eigenvalue weighted by Gasteiger charge is 2.50. The molecule has 0 aromatic heterocycles. The van der Waals surface area contributed by atoms with Crippen LogP contribution >= 0.6 is 11.6 Å². The highest BCUT2D eigenvalue weighted by molar-refractivity contribution is 6.30. The second-order valence-electron chi connectivity index (χ2n) is 7.27. The molecule has 0 spiro atoms. The Kier molecular flexibility index (Phi) is 5.76. The fourth-order valence-corrected chi connectivity index (χ4v) is 3.69. The molecule has 0 saturated carbocycles. The molecule has 138 valence electrons. The van der Waals surface area contributed by atoms with Gasteiger partial charge in [0.2, 0.25) is 0 Å². The topological polar surface area (TPSA) is 81.1 Å². The van der Waals surface area contributed by atoms with Gasteiger partial charge in [0.25, 0.3) is 0 Å². The van der Waals surface area contributed by atoms with Gasteiger partial charge in [-0.25, -0.2) is 14.8 Å². The number of carboxylic acid groups (broad SMARTS) is 1. The van der Waals surface area contributed by atoms with Gasteiger partial charge in [0.05, 0.1) is 11.6 Å². The number of rotatable bonds is 5. The number of hydrogen-bond acceptors (Lipinski definition) is 4. The van der Waals surface area contributed by atoms with Crippen molar-refractivity contribution >= 4 is 24.0 Å². The SMILES string of the molecule is CC(CC=O)N(C(=O)O)N1CC[C@@](O)(c2ccc(Cl)cc2)C(C)(C)C1. The summed E-state index contributed by atoms with van der Waals surface area (Å²) in [6.07, 6.45) is 0.131. The number of amides is 1. The van der Waals surface area contributed by atoms with Crippen LogP contribution in [-0.4, -0.2) is 51.7 Å². The first-order valence-corrected chi connectivity index (χ1v) is 8.69. The zero-order chi connectivity index (χ0) is 18.8. The Bertz CT molecular complexity index is 634. The van der Waals surface area contributed by atoms with Crippen molar-refractivity contribution in [2.24, 2.45) is 5.41 Å². The number of hydrazine groups is 1. The van der Waals surface area contributed by atoms with E-state index in [0.717, 1.165) is 11.8 Å². The fraction of sp³-hybridized carbons (Fsp3) is 0.556. The third-order valence-corrected chi connectivity index (χ3v) is 5.36. The molecule has 1 fully saturated rings. The summed E-state index contributed by atoms with van der Waals surface area (Å²) in [7, 11) is 0. The van der Waals surface area contributed by atoms with Crippen LogP contribution in [0.4, 0.5) is 4.79 Å². The van der Waals surface area contributed by atoms with Gasteiger partial charge in [-0.15, -0.1) is 0 Å². The van der Waals surface area contributed by atoms with Gasteiger partial charge in [-0.1, -0.05) is 37.6 Å². The maximum atomic E-state index is 11.7. The van der Waals surface area contributed by atoms with Crippen LogP contribution in [0.2, 0.25) is 5.02 Å². The molecule has 2 atom stereocenters. The van der Waals surface area contributed by atoms with E-state index in [4.69, 9.17) is 11.6 Å². The minimum absolute atomic E-state index is 0.130. The summed E-state index contributed by atoms with van der Waals surface area (Å²) in [4.78, 5) is 22.5. The Balaban J connectivity index is 2.27. The molecule has 1 unspecified atom stereocenters. The molecule has 6 nitrogen and oxygen atoms in total. The van der Waals surface area contributed by atoms with E-state index in [2.05, 4.69) is 0 Å². The van der Waals surface area contributed by atoms with Crippen LogP contribution in [0.15, 0.2) is 24.3 Å². The maximum absolute atomic E-state index is 11.7. The number of aldehydes is 1. The molecule has 2 rings (SSSR count). The third kappa shape index (κ3) is 3.81. The van der Waals surface area contributed by atoms with Crippen molar-refractivity contribution in [1.82, 2.24) is 10.0 Å². The minimum atomic E-state index is -1.10. The van der Waals surface area contributed by atoms with Crippen LogP contribution in [0, 0.1) is 5.41 Å². The average molecular weight is 369 g/mol. The largest absolute Gasteiger partial charge is 0.464 e. The van der Waals surface area contributed by atoms with Gasteiger partial charge in [-0.3, -0.25) is 0 Å². The van der Waals surface area contributed by atoms with Crippen molar-refractivity contribution in [3.63, 3.8) is 0 Å². The van der Waals surface area contributed by atoms with Gasteiger partial charge >= 0.3 is 6.09 Å². The molecule has 2 N–H and O–H groups in total. The van der Waals surface area contributed by atoms with Crippen LogP contribution in [0.3, 0.4) is 0 Å². The number of carbonyl (C=O) groups is 2. The van der Waals surface area contributed by atoms with Crippen LogP contribution in [0.5, 0.6) is 0 Å². The van der Waals surface area contributed by atoms with Crippen LogP contribution in [0.25, 0.3) is 0 Å². The number of benzene rings is 1.